The molecule has 136 valence electrons. The van der Waals surface area contributed by atoms with Crippen LogP contribution in [0.5, 0.6) is 0 Å². The van der Waals surface area contributed by atoms with Crippen molar-refractivity contribution in [2.75, 3.05) is 5.32 Å². The van der Waals surface area contributed by atoms with Crippen molar-refractivity contribution in [3.63, 3.8) is 0 Å². The molecule has 3 aromatic rings. The van der Waals surface area contributed by atoms with Crippen LogP contribution in [0.1, 0.15) is 5.56 Å². The molecule has 0 aromatic heterocycles. The fourth-order valence-electron chi connectivity index (χ4n) is 2.33. The van der Waals surface area contributed by atoms with Crippen LogP contribution in [0, 0.1) is 0 Å². The van der Waals surface area contributed by atoms with E-state index >= 15 is 0 Å². The Morgan fingerprint density at radius 1 is 0.815 bits per heavy atom. The van der Waals surface area contributed by atoms with E-state index in [0.717, 1.165) is 31.6 Å². The molecule has 0 aliphatic carbocycles. The average molecular weight is 526 g/mol. The first-order valence-electron chi connectivity index (χ1n) is 8.05. The molecule has 0 unspecified atom stereocenters. The second-order valence-corrected chi connectivity index (χ2v) is 8.30. The van der Waals surface area contributed by atoms with Gasteiger partial charge in [0.05, 0.1) is 15.7 Å². The van der Waals surface area contributed by atoms with E-state index in [1.165, 1.54) is 0 Å². The highest BCUT2D eigenvalue weighted by atomic mass is 79.9. The number of nitrogens with one attached hydrogen (secondary N) is 2. The van der Waals surface area contributed by atoms with Crippen molar-refractivity contribution in [2.45, 2.75) is 0 Å². The SMILES string of the molecule is Clc1ccc(C(=CC=[NH+]c2ccc(Br)cc2)Nc2ccc(Br)cc2)cc1Cl. The van der Waals surface area contributed by atoms with E-state index in [1.54, 1.807) is 6.07 Å². The minimum atomic E-state index is 0.513. The summed E-state index contributed by atoms with van der Waals surface area (Å²) in [5.41, 5.74) is 3.78. The molecule has 0 amide bonds. The van der Waals surface area contributed by atoms with E-state index < -0.39 is 0 Å². The zero-order valence-corrected chi connectivity index (χ0v) is 18.7. The summed E-state index contributed by atoms with van der Waals surface area (Å²) in [7, 11) is 0. The van der Waals surface area contributed by atoms with Crippen LogP contribution in [-0.2, 0) is 0 Å². The quantitative estimate of drug-likeness (QED) is 0.368. The van der Waals surface area contributed by atoms with Gasteiger partial charge in [-0.25, -0.2) is 4.99 Å². The Balaban J connectivity index is 1.91. The number of allylic oxidation sites excluding steroid dienone is 1. The highest BCUT2D eigenvalue weighted by molar-refractivity contribution is 9.10. The third-order valence-corrected chi connectivity index (χ3v) is 5.49. The maximum absolute atomic E-state index is 6.20. The van der Waals surface area contributed by atoms with E-state index in [4.69, 9.17) is 23.2 Å². The fraction of sp³-hybridized carbons (Fsp3) is 0. The van der Waals surface area contributed by atoms with Crippen LogP contribution in [0.15, 0.2) is 81.8 Å². The summed E-state index contributed by atoms with van der Waals surface area (Å²) in [5, 5.41) is 4.47. The zero-order valence-electron chi connectivity index (χ0n) is 14.0. The van der Waals surface area contributed by atoms with Gasteiger partial charge in [0.15, 0.2) is 6.21 Å². The molecule has 0 spiro atoms. The van der Waals surface area contributed by atoms with Gasteiger partial charge in [0.1, 0.15) is 0 Å². The third-order valence-electron chi connectivity index (χ3n) is 3.70. The molecule has 0 radical (unpaired) electrons. The second kappa shape index (κ2) is 9.56. The number of benzene rings is 3. The van der Waals surface area contributed by atoms with Gasteiger partial charge >= 0.3 is 0 Å². The first-order valence-corrected chi connectivity index (χ1v) is 10.4. The predicted molar refractivity (Wildman–Crippen MR) is 123 cm³/mol. The van der Waals surface area contributed by atoms with Gasteiger partial charge in [-0.05, 0) is 54.1 Å². The molecular formula is C21H15Br2Cl2N2+. The van der Waals surface area contributed by atoms with E-state index in [2.05, 4.69) is 42.2 Å². The first-order chi connectivity index (χ1) is 13.0. The summed E-state index contributed by atoms with van der Waals surface area (Å²) in [6.07, 6.45) is 3.84. The standard InChI is InChI=1S/C21H14Br2Cl2N2/c22-15-2-6-17(7-3-15)26-12-11-21(14-1-10-19(24)20(25)13-14)27-18-8-4-16(23)5-9-18/h1-13,27H/p+1. The van der Waals surface area contributed by atoms with Gasteiger partial charge in [-0.3, -0.25) is 0 Å². The Labute approximate surface area is 185 Å². The Morgan fingerprint density at radius 3 is 2.07 bits per heavy atom. The van der Waals surface area contributed by atoms with Crippen LogP contribution in [-0.4, -0.2) is 6.21 Å². The molecule has 2 N–H and O–H groups in total. The van der Waals surface area contributed by atoms with Crippen LogP contribution < -0.4 is 10.3 Å². The number of halogens is 4. The average Bonchev–Trinajstić information content (AvgIpc) is 2.66. The van der Waals surface area contributed by atoms with Gasteiger partial charge in [0.25, 0.3) is 0 Å². The van der Waals surface area contributed by atoms with Crippen molar-refractivity contribution in [2.24, 2.45) is 0 Å². The molecule has 0 heterocycles. The minimum absolute atomic E-state index is 0.513. The molecule has 3 rings (SSSR count). The Bertz CT molecular complexity index is 982. The monoisotopic (exact) mass is 523 g/mol. The van der Waals surface area contributed by atoms with Gasteiger partial charge in [0.2, 0.25) is 5.69 Å². The molecule has 0 saturated carbocycles. The van der Waals surface area contributed by atoms with Gasteiger partial charge in [-0.1, -0.05) is 61.1 Å². The number of hydrogen-bond acceptors (Lipinski definition) is 1. The van der Waals surface area contributed by atoms with Crippen LogP contribution >= 0.6 is 55.1 Å². The maximum atomic E-state index is 6.20. The summed E-state index contributed by atoms with van der Waals surface area (Å²) >= 11 is 19.2. The molecule has 0 bridgehead atoms. The lowest BCUT2D eigenvalue weighted by atomic mass is 10.1. The Hall–Kier alpha value is -1.59. The molecule has 2 nitrogen and oxygen atoms in total. The molecule has 6 heteroatoms. The smallest absolute Gasteiger partial charge is 0.203 e. The Morgan fingerprint density at radius 2 is 1.44 bits per heavy atom. The zero-order chi connectivity index (χ0) is 19.2. The summed E-state index contributed by atoms with van der Waals surface area (Å²) in [6.45, 7) is 0. The van der Waals surface area contributed by atoms with E-state index in [9.17, 15) is 0 Å². The molecule has 3 aromatic carbocycles. The third kappa shape index (κ3) is 5.94. The van der Waals surface area contributed by atoms with Crippen molar-refractivity contribution in [3.8, 4) is 0 Å². The van der Waals surface area contributed by atoms with Crippen molar-refractivity contribution in [1.29, 1.82) is 0 Å². The topological polar surface area (TPSA) is 26.0 Å². The van der Waals surface area contributed by atoms with Crippen molar-refractivity contribution < 1.29 is 4.99 Å². The fourth-order valence-corrected chi connectivity index (χ4v) is 3.16. The van der Waals surface area contributed by atoms with Crippen LogP contribution in [0.3, 0.4) is 0 Å². The molecular weight excluding hydrogens is 511 g/mol. The minimum Gasteiger partial charge on any atom is -0.355 e. The van der Waals surface area contributed by atoms with Gasteiger partial charge < -0.3 is 5.32 Å². The number of anilines is 1. The van der Waals surface area contributed by atoms with Gasteiger partial charge in [0, 0.05) is 32.8 Å². The maximum Gasteiger partial charge on any atom is 0.203 e. The molecule has 27 heavy (non-hydrogen) atoms. The van der Waals surface area contributed by atoms with Gasteiger partial charge in [-0.15, -0.1) is 0 Å². The molecule has 0 saturated heterocycles. The molecule has 0 fully saturated rings. The second-order valence-electron chi connectivity index (χ2n) is 5.66. The summed E-state index contributed by atoms with van der Waals surface area (Å²) in [6, 6.07) is 21.5. The van der Waals surface area contributed by atoms with E-state index in [1.807, 2.05) is 73.0 Å². The number of hydrogen-bond donors (Lipinski definition) is 2. The largest absolute Gasteiger partial charge is 0.355 e. The normalized spacial score (nSPS) is 11.8. The molecule has 0 atom stereocenters. The van der Waals surface area contributed by atoms with Crippen molar-refractivity contribution in [1.82, 2.24) is 0 Å². The highest BCUT2D eigenvalue weighted by Crippen LogP contribution is 2.27. The van der Waals surface area contributed by atoms with E-state index in [-0.39, 0.29) is 0 Å². The Kier molecular flexibility index (Phi) is 7.13. The molecule has 0 aliphatic rings. The van der Waals surface area contributed by atoms with E-state index in [0.29, 0.717) is 10.0 Å². The van der Waals surface area contributed by atoms with Gasteiger partial charge in [-0.2, -0.15) is 0 Å². The van der Waals surface area contributed by atoms with Crippen LogP contribution in [0.25, 0.3) is 5.70 Å². The number of rotatable bonds is 5. The lowest BCUT2D eigenvalue weighted by Gasteiger charge is -2.11. The summed E-state index contributed by atoms with van der Waals surface area (Å²) < 4.78 is 2.06. The summed E-state index contributed by atoms with van der Waals surface area (Å²) in [5.74, 6) is 0. The predicted octanol–water partition coefficient (Wildman–Crippen LogP) is 6.45. The van der Waals surface area contributed by atoms with Crippen molar-refractivity contribution >= 4 is 78.3 Å². The lowest BCUT2D eigenvalue weighted by Crippen LogP contribution is -2.60. The molecule has 0 aliphatic heterocycles. The summed E-state index contributed by atoms with van der Waals surface area (Å²) in [4.78, 5) is 3.26. The van der Waals surface area contributed by atoms with Crippen molar-refractivity contribution in [3.05, 3.63) is 97.4 Å². The lowest BCUT2D eigenvalue weighted by molar-refractivity contribution is -0.346. The highest BCUT2D eigenvalue weighted by Gasteiger charge is 2.06. The first kappa shape index (κ1) is 20.2. The van der Waals surface area contributed by atoms with Crippen LogP contribution in [0.2, 0.25) is 10.0 Å². The van der Waals surface area contributed by atoms with Crippen LogP contribution in [0.4, 0.5) is 11.4 Å².